The topological polar surface area (TPSA) is 113 Å². The van der Waals surface area contributed by atoms with Crippen LogP contribution in [0, 0.1) is 13.8 Å². The average molecular weight is 441 g/mol. The molecule has 3 rings (SSSR count). The first-order valence-corrected chi connectivity index (χ1v) is 11.8. The molecule has 0 saturated heterocycles. The molecule has 10 heteroatoms. The molecule has 7 nitrogen and oxygen atoms in total. The van der Waals surface area contributed by atoms with E-state index in [1.807, 2.05) is 6.07 Å². The molecule has 1 amide bonds. The van der Waals surface area contributed by atoms with Crippen LogP contribution in [0.1, 0.15) is 21.6 Å². The summed E-state index contributed by atoms with van der Waals surface area (Å²) in [6, 6.07) is 9.28. The Morgan fingerprint density at radius 2 is 1.61 bits per heavy atom. The van der Waals surface area contributed by atoms with Gasteiger partial charge in [0.15, 0.2) is 0 Å². The van der Waals surface area contributed by atoms with Gasteiger partial charge in [-0.05, 0) is 55.3 Å². The number of sulfonamides is 1. The van der Waals surface area contributed by atoms with Crippen molar-refractivity contribution >= 4 is 48.3 Å². The Labute approximate surface area is 167 Å². The van der Waals surface area contributed by atoms with Gasteiger partial charge in [-0.25, -0.2) is 21.6 Å². The van der Waals surface area contributed by atoms with Crippen molar-refractivity contribution in [2.75, 3.05) is 6.26 Å². The number of nitrogens with one attached hydrogen (secondary N) is 2. The Morgan fingerprint density at radius 3 is 2.18 bits per heavy atom. The zero-order valence-electron chi connectivity index (χ0n) is 15.2. The van der Waals surface area contributed by atoms with E-state index >= 15 is 0 Å². The summed E-state index contributed by atoms with van der Waals surface area (Å²) in [5.41, 5.74) is 1.44. The first kappa shape index (κ1) is 20.4. The highest BCUT2D eigenvalue weighted by Crippen LogP contribution is 2.34. The van der Waals surface area contributed by atoms with Crippen molar-refractivity contribution in [3.8, 4) is 0 Å². The minimum Gasteiger partial charge on any atom is -0.349 e. The smallest absolute Gasteiger partial charge is 0.282 e. The van der Waals surface area contributed by atoms with Crippen molar-refractivity contribution in [1.29, 1.82) is 0 Å². The number of rotatable bonds is 4. The van der Waals surface area contributed by atoms with Crippen LogP contribution in [0.3, 0.4) is 0 Å². The summed E-state index contributed by atoms with van der Waals surface area (Å²) in [7, 11) is -8.06. The predicted octanol–water partition coefficient (Wildman–Crippen LogP) is 2.96. The van der Waals surface area contributed by atoms with Gasteiger partial charge in [-0.2, -0.15) is 0 Å². The van der Waals surface area contributed by atoms with Gasteiger partial charge in [-0.15, -0.1) is 0 Å². The molecule has 0 radical (unpaired) electrons. The minimum atomic E-state index is -4.16. The lowest BCUT2D eigenvalue weighted by molar-refractivity contribution is 0.0974. The van der Waals surface area contributed by atoms with Gasteiger partial charge >= 0.3 is 0 Å². The Balaban J connectivity index is 2.35. The fourth-order valence-electron chi connectivity index (χ4n) is 3.00. The molecule has 3 aromatic rings. The number of carbonyl (C=O) groups excluding carboxylic acids is 1. The maximum atomic E-state index is 13.4. The summed E-state index contributed by atoms with van der Waals surface area (Å²) in [5, 5.41) is 0.476. The largest absolute Gasteiger partial charge is 0.349 e. The molecule has 1 aromatic heterocycles. The third kappa shape index (κ3) is 3.91. The molecule has 28 heavy (non-hydrogen) atoms. The van der Waals surface area contributed by atoms with Gasteiger partial charge in [-0.1, -0.05) is 17.7 Å². The van der Waals surface area contributed by atoms with E-state index in [9.17, 15) is 21.6 Å². The normalized spacial score (nSPS) is 12.3. The van der Waals surface area contributed by atoms with E-state index in [0.29, 0.717) is 5.52 Å². The van der Waals surface area contributed by atoms with Gasteiger partial charge in [0.2, 0.25) is 19.9 Å². The van der Waals surface area contributed by atoms with E-state index in [1.54, 1.807) is 18.6 Å². The van der Waals surface area contributed by atoms with Crippen LogP contribution in [0.25, 0.3) is 10.9 Å². The van der Waals surface area contributed by atoms with E-state index in [4.69, 9.17) is 11.6 Å². The Kier molecular flexibility index (Phi) is 5.03. The molecule has 0 aliphatic rings. The van der Waals surface area contributed by atoms with Gasteiger partial charge in [0.1, 0.15) is 10.6 Å². The number of hydrogen-bond acceptors (Lipinski definition) is 5. The number of halogens is 1. The van der Waals surface area contributed by atoms with Crippen LogP contribution in [0.4, 0.5) is 0 Å². The Morgan fingerprint density at radius 1 is 1.00 bits per heavy atom. The number of amides is 1. The number of aryl methyl sites for hydroxylation is 2. The van der Waals surface area contributed by atoms with E-state index < -0.39 is 25.8 Å². The first-order valence-electron chi connectivity index (χ1n) is 8.05. The number of aromatic amines is 1. The molecule has 0 aliphatic heterocycles. The highest BCUT2D eigenvalue weighted by Gasteiger charge is 2.31. The lowest BCUT2D eigenvalue weighted by atomic mass is 10.2. The van der Waals surface area contributed by atoms with Crippen LogP contribution in [0.5, 0.6) is 0 Å². The number of aromatic nitrogens is 1. The average Bonchev–Trinajstić information content (AvgIpc) is 2.91. The van der Waals surface area contributed by atoms with Crippen LogP contribution in [0.15, 0.2) is 46.2 Å². The highest BCUT2D eigenvalue weighted by atomic mass is 35.5. The van der Waals surface area contributed by atoms with Crippen molar-refractivity contribution in [3.63, 3.8) is 0 Å². The van der Waals surface area contributed by atoms with E-state index in [-0.39, 0.29) is 25.9 Å². The Bertz CT molecular complexity index is 1310. The second-order valence-electron chi connectivity index (χ2n) is 6.55. The maximum absolute atomic E-state index is 13.4. The summed E-state index contributed by atoms with van der Waals surface area (Å²) in [6.07, 6.45) is 0.808. The van der Waals surface area contributed by atoms with Crippen molar-refractivity contribution in [2.45, 2.75) is 23.6 Å². The van der Waals surface area contributed by atoms with Gasteiger partial charge in [0, 0.05) is 15.9 Å². The summed E-state index contributed by atoms with van der Waals surface area (Å²) in [5.74, 6) is -1.07. The molecular formula is C18H17ClN2O5S2. The lowest BCUT2D eigenvalue weighted by Crippen LogP contribution is -2.30. The van der Waals surface area contributed by atoms with Crippen molar-refractivity contribution in [1.82, 2.24) is 9.71 Å². The van der Waals surface area contributed by atoms with Crippen LogP contribution < -0.4 is 4.72 Å². The summed E-state index contributed by atoms with van der Waals surface area (Å²) in [6.45, 7) is 3.52. The van der Waals surface area contributed by atoms with Crippen LogP contribution in [-0.2, 0) is 19.9 Å². The molecule has 0 aliphatic carbocycles. The number of H-pyrrole nitrogens is 1. The van der Waals surface area contributed by atoms with Crippen molar-refractivity contribution < 1.29 is 21.6 Å². The van der Waals surface area contributed by atoms with Crippen molar-refractivity contribution in [3.05, 3.63) is 58.2 Å². The number of sulfone groups is 1. The monoisotopic (exact) mass is 440 g/mol. The fraction of sp³-hybridized carbons (Fsp3) is 0.167. The second kappa shape index (κ2) is 6.91. The zero-order valence-corrected chi connectivity index (χ0v) is 17.6. The molecule has 0 saturated carbocycles. The highest BCUT2D eigenvalue weighted by molar-refractivity contribution is 7.92. The standard InChI is InChI=1S/C18H17ClN2O5S2/c1-10-6-11(2)8-13(7-10)28(25,26)17-14-9-12(19)4-5-15(14)20-16(17)18(22)21-27(3,23)24/h4-9,20H,1-3H3,(H,21,22). The van der Waals surface area contributed by atoms with Crippen molar-refractivity contribution in [2.24, 2.45) is 0 Å². The lowest BCUT2D eigenvalue weighted by Gasteiger charge is -2.09. The van der Waals surface area contributed by atoms with Crippen LogP contribution in [0.2, 0.25) is 5.02 Å². The molecule has 148 valence electrons. The zero-order chi connectivity index (χ0) is 20.9. The summed E-state index contributed by atoms with van der Waals surface area (Å²) >= 11 is 6.03. The van der Waals surface area contributed by atoms with E-state index in [0.717, 1.165) is 17.4 Å². The fourth-order valence-corrected chi connectivity index (χ4v) is 5.40. The Hall–Kier alpha value is -2.36. The number of hydrogen-bond donors (Lipinski definition) is 2. The quantitative estimate of drug-likeness (QED) is 0.647. The molecule has 0 unspecified atom stereocenters. The predicted molar refractivity (Wildman–Crippen MR) is 107 cm³/mol. The molecule has 1 heterocycles. The molecule has 0 fully saturated rings. The SMILES string of the molecule is Cc1cc(C)cc(S(=O)(=O)c2c(C(=O)NS(C)(=O)=O)[nH]c3ccc(Cl)cc23)c1. The van der Waals surface area contributed by atoms with Gasteiger partial charge in [-0.3, -0.25) is 4.79 Å². The molecule has 2 N–H and O–H groups in total. The van der Waals surface area contributed by atoms with Gasteiger partial charge in [0.05, 0.1) is 11.2 Å². The maximum Gasteiger partial charge on any atom is 0.282 e. The van der Waals surface area contributed by atoms with E-state index in [2.05, 4.69) is 4.98 Å². The molecule has 0 spiro atoms. The van der Waals surface area contributed by atoms with Crippen LogP contribution in [-0.4, -0.2) is 34.0 Å². The summed E-state index contributed by atoms with van der Waals surface area (Å²) in [4.78, 5) is 14.9. The third-order valence-electron chi connectivity index (χ3n) is 3.99. The molecular weight excluding hydrogens is 424 g/mol. The number of benzene rings is 2. The second-order valence-corrected chi connectivity index (χ2v) is 10.6. The number of fused-ring (bicyclic) bond motifs is 1. The molecule has 0 bridgehead atoms. The van der Waals surface area contributed by atoms with Gasteiger partial charge < -0.3 is 4.98 Å². The van der Waals surface area contributed by atoms with Gasteiger partial charge in [0.25, 0.3) is 5.91 Å². The third-order valence-corrected chi connectivity index (χ3v) is 6.60. The first-order chi connectivity index (χ1) is 12.9. The molecule has 0 atom stereocenters. The van der Waals surface area contributed by atoms with E-state index in [1.165, 1.54) is 30.3 Å². The minimum absolute atomic E-state index is 0.000666. The number of carbonyl (C=O) groups is 1. The van der Waals surface area contributed by atoms with Crippen LogP contribution >= 0.6 is 11.6 Å². The molecule has 2 aromatic carbocycles. The summed E-state index contributed by atoms with van der Waals surface area (Å²) < 4.78 is 51.6.